The van der Waals surface area contributed by atoms with Gasteiger partial charge in [0, 0.05) is 5.02 Å². The van der Waals surface area contributed by atoms with Crippen LogP contribution in [-0.4, -0.2) is 24.5 Å². The van der Waals surface area contributed by atoms with Crippen LogP contribution in [0.5, 0.6) is 0 Å². The third-order valence-electron chi connectivity index (χ3n) is 4.98. The lowest BCUT2D eigenvalue weighted by Crippen LogP contribution is -2.31. The molecule has 3 rings (SSSR count). The Balaban J connectivity index is 1.58. The molecule has 0 aromatic heterocycles. The van der Waals surface area contributed by atoms with Crippen LogP contribution >= 0.6 is 11.6 Å². The second kappa shape index (κ2) is 7.99. The monoisotopic (exact) mass is 327 g/mol. The molecule has 0 spiro atoms. The SMILES string of the molecule is CC(CCN1CCCCC1)c1ccc(-c2ccc(Cl)cc2)cc1. The van der Waals surface area contributed by atoms with Crippen molar-refractivity contribution in [3.63, 3.8) is 0 Å². The van der Waals surface area contributed by atoms with E-state index in [0.717, 1.165) is 5.02 Å². The molecule has 1 unspecified atom stereocenters. The van der Waals surface area contributed by atoms with Crippen molar-refractivity contribution in [2.24, 2.45) is 0 Å². The van der Waals surface area contributed by atoms with Crippen LogP contribution in [0.15, 0.2) is 48.5 Å². The van der Waals surface area contributed by atoms with Crippen molar-refractivity contribution in [1.82, 2.24) is 4.90 Å². The molecular formula is C21H26ClN. The lowest BCUT2D eigenvalue weighted by molar-refractivity contribution is 0.222. The molecule has 0 amide bonds. The largest absolute Gasteiger partial charge is 0.303 e. The highest BCUT2D eigenvalue weighted by Crippen LogP contribution is 2.26. The molecule has 122 valence electrons. The van der Waals surface area contributed by atoms with E-state index in [0.29, 0.717) is 5.92 Å². The quantitative estimate of drug-likeness (QED) is 0.652. The van der Waals surface area contributed by atoms with Crippen molar-refractivity contribution in [3.05, 3.63) is 59.1 Å². The highest BCUT2D eigenvalue weighted by Gasteiger charge is 2.12. The molecule has 2 aromatic rings. The van der Waals surface area contributed by atoms with Crippen LogP contribution in [-0.2, 0) is 0 Å². The second-order valence-electron chi connectivity index (χ2n) is 6.72. The van der Waals surface area contributed by atoms with E-state index < -0.39 is 0 Å². The van der Waals surface area contributed by atoms with Crippen molar-refractivity contribution >= 4 is 11.6 Å². The fraction of sp³-hybridized carbons (Fsp3) is 0.429. The van der Waals surface area contributed by atoms with Gasteiger partial charge in [-0.25, -0.2) is 0 Å². The van der Waals surface area contributed by atoms with Gasteiger partial charge in [0.15, 0.2) is 0 Å². The minimum Gasteiger partial charge on any atom is -0.303 e. The van der Waals surface area contributed by atoms with Gasteiger partial charge in [0.2, 0.25) is 0 Å². The molecule has 0 bridgehead atoms. The smallest absolute Gasteiger partial charge is 0.0406 e. The first-order chi connectivity index (χ1) is 11.2. The molecular weight excluding hydrogens is 302 g/mol. The summed E-state index contributed by atoms with van der Waals surface area (Å²) in [7, 11) is 0. The van der Waals surface area contributed by atoms with E-state index in [9.17, 15) is 0 Å². The Hall–Kier alpha value is -1.31. The highest BCUT2D eigenvalue weighted by molar-refractivity contribution is 6.30. The van der Waals surface area contributed by atoms with Crippen LogP contribution in [0, 0.1) is 0 Å². The highest BCUT2D eigenvalue weighted by atomic mass is 35.5. The summed E-state index contributed by atoms with van der Waals surface area (Å²) in [5, 5.41) is 0.789. The molecule has 1 aliphatic heterocycles. The summed E-state index contributed by atoms with van der Waals surface area (Å²) in [5.41, 5.74) is 3.93. The first-order valence-corrected chi connectivity index (χ1v) is 9.18. The molecule has 2 aromatic carbocycles. The molecule has 1 saturated heterocycles. The van der Waals surface area contributed by atoms with E-state index in [2.05, 4.69) is 48.2 Å². The standard InChI is InChI=1S/C21H26ClN/c1-17(13-16-23-14-3-2-4-15-23)18-5-7-19(8-6-18)20-9-11-21(22)12-10-20/h5-12,17H,2-4,13-16H2,1H3. The summed E-state index contributed by atoms with van der Waals surface area (Å²) in [6, 6.07) is 17.1. The van der Waals surface area contributed by atoms with Gasteiger partial charge in [-0.2, -0.15) is 0 Å². The predicted molar refractivity (Wildman–Crippen MR) is 100 cm³/mol. The number of rotatable bonds is 5. The molecule has 1 nitrogen and oxygen atoms in total. The summed E-state index contributed by atoms with van der Waals surface area (Å²) < 4.78 is 0. The van der Waals surface area contributed by atoms with Crippen molar-refractivity contribution < 1.29 is 0 Å². The number of nitrogens with zero attached hydrogens (tertiary/aromatic N) is 1. The van der Waals surface area contributed by atoms with E-state index in [1.807, 2.05) is 12.1 Å². The maximum absolute atomic E-state index is 5.96. The molecule has 0 radical (unpaired) electrons. The van der Waals surface area contributed by atoms with Gasteiger partial charge in [-0.15, -0.1) is 0 Å². The van der Waals surface area contributed by atoms with E-state index >= 15 is 0 Å². The summed E-state index contributed by atoms with van der Waals surface area (Å²) >= 11 is 5.96. The average Bonchev–Trinajstić information content (AvgIpc) is 2.61. The summed E-state index contributed by atoms with van der Waals surface area (Å²) in [6.07, 6.45) is 5.42. The van der Waals surface area contributed by atoms with Crippen molar-refractivity contribution in [3.8, 4) is 11.1 Å². The van der Waals surface area contributed by atoms with Gasteiger partial charge in [0.05, 0.1) is 0 Å². The topological polar surface area (TPSA) is 3.24 Å². The molecule has 1 fully saturated rings. The molecule has 1 atom stereocenters. The number of hydrogen-bond acceptors (Lipinski definition) is 1. The zero-order chi connectivity index (χ0) is 16.1. The Morgan fingerprint density at radius 1 is 0.870 bits per heavy atom. The molecule has 1 heterocycles. The van der Waals surface area contributed by atoms with Crippen LogP contribution in [0.4, 0.5) is 0 Å². The fourth-order valence-electron chi connectivity index (χ4n) is 3.37. The lowest BCUT2D eigenvalue weighted by Gasteiger charge is -2.27. The van der Waals surface area contributed by atoms with Crippen molar-refractivity contribution in [2.75, 3.05) is 19.6 Å². The number of benzene rings is 2. The summed E-state index contributed by atoms with van der Waals surface area (Å²) in [5.74, 6) is 0.621. The normalized spacial score (nSPS) is 17.1. The van der Waals surface area contributed by atoms with Gasteiger partial charge in [0.25, 0.3) is 0 Å². The number of hydrogen-bond donors (Lipinski definition) is 0. The molecule has 23 heavy (non-hydrogen) atoms. The Labute approximate surface area is 145 Å². The third-order valence-corrected chi connectivity index (χ3v) is 5.24. The minimum atomic E-state index is 0.621. The first-order valence-electron chi connectivity index (χ1n) is 8.80. The number of piperidine rings is 1. The van der Waals surface area contributed by atoms with Gasteiger partial charge >= 0.3 is 0 Å². The molecule has 0 N–H and O–H groups in total. The van der Waals surface area contributed by atoms with Crippen LogP contribution < -0.4 is 0 Å². The van der Waals surface area contributed by atoms with Crippen LogP contribution in [0.1, 0.15) is 44.1 Å². The number of halogens is 1. The van der Waals surface area contributed by atoms with Gasteiger partial charge in [-0.05, 0) is 73.6 Å². The molecule has 0 aliphatic carbocycles. The maximum atomic E-state index is 5.96. The molecule has 1 aliphatic rings. The maximum Gasteiger partial charge on any atom is 0.0406 e. The van der Waals surface area contributed by atoms with Crippen molar-refractivity contribution in [2.45, 2.75) is 38.5 Å². The molecule has 2 heteroatoms. The fourth-order valence-corrected chi connectivity index (χ4v) is 3.50. The van der Waals surface area contributed by atoms with Gasteiger partial charge in [-0.3, -0.25) is 0 Å². The summed E-state index contributed by atoms with van der Waals surface area (Å²) in [6.45, 7) is 6.17. The van der Waals surface area contributed by atoms with Crippen LogP contribution in [0.3, 0.4) is 0 Å². The Bertz CT molecular complexity index is 597. The van der Waals surface area contributed by atoms with Gasteiger partial charge in [-0.1, -0.05) is 61.3 Å². The lowest BCUT2D eigenvalue weighted by atomic mass is 9.95. The average molecular weight is 328 g/mol. The van der Waals surface area contributed by atoms with E-state index in [1.165, 1.54) is 62.0 Å². The van der Waals surface area contributed by atoms with E-state index in [-0.39, 0.29) is 0 Å². The van der Waals surface area contributed by atoms with Gasteiger partial charge in [0.1, 0.15) is 0 Å². The predicted octanol–water partition coefficient (Wildman–Crippen LogP) is 5.99. The van der Waals surface area contributed by atoms with Crippen LogP contribution in [0.25, 0.3) is 11.1 Å². The third kappa shape index (κ3) is 4.59. The molecule has 0 saturated carbocycles. The second-order valence-corrected chi connectivity index (χ2v) is 7.16. The Morgan fingerprint density at radius 3 is 2.04 bits per heavy atom. The minimum absolute atomic E-state index is 0.621. The van der Waals surface area contributed by atoms with E-state index in [1.54, 1.807) is 0 Å². The Kier molecular flexibility index (Phi) is 5.75. The number of likely N-dealkylation sites (tertiary alicyclic amines) is 1. The van der Waals surface area contributed by atoms with Gasteiger partial charge < -0.3 is 4.90 Å². The first kappa shape index (κ1) is 16.5. The zero-order valence-corrected chi connectivity index (χ0v) is 14.7. The van der Waals surface area contributed by atoms with E-state index in [4.69, 9.17) is 11.6 Å². The van der Waals surface area contributed by atoms with Crippen molar-refractivity contribution in [1.29, 1.82) is 0 Å². The Morgan fingerprint density at radius 2 is 1.43 bits per heavy atom. The summed E-state index contributed by atoms with van der Waals surface area (Å²) in [4.78, 5) is 2.63. The zero-order valence-electron chi connectivity index (χ0n) is 14.0. The van der Waals surface area contributed by atoms with Crippen LogP contribution in [0.2, 0.25) is 5.02 Å².